The molecule has 0 radical (unpaired) electrons. The van der Waals surface area contributed by atoms with Crippen LogP contribution >= 0.6 is 11.6 Å². The molecule has 0 saturated heterocycles. The number of nitrogens with zero attached hydrogens (tertiary/aromatic N) is 2. The first-order valence-corrected chi connectivity index (χ1v) is 8.66. The topological polar surface area (TPSA) is 55.9 Å². The number of fused-ring (bicyclic) bond motifs is 2. The van der Waals surface area contributed by atoms with E-state index in [9.17, 15) is 0 Å². The van der Waals surface area contributed by atoms with E-state index in [-0.39, 0.29) is 0 Å². The fraction of sp³-hybridized carbons (Fsp3) is 0.812. The van der Waals surface area contributed by atoms with Gasteiger partial charge in [-0.15, -0.1) is 0 Å². The molecule has 4 unspecified atom stereocenters. The zero-order chi connectivity index (χ0) is 15.0. The van der Waals surface area contributed by atoms with Crippen molar-refractivity contribution in [2.45, 2.75) is 57.9 Å². The van der Waals surface area contributed by atoms with Gasteiger partial charge in [-0.3, -0.25) is 16.0 Å². The van der Waals surface area contributed by atoms with Gasteiger partial charge >= 0.3 is 0 Å². The van der Waals surface area contributed by atoms with Gasteiger partial charge in [0.15, 0.2) is 0 Å². The number of hydrogen-bond donors (Lipinski definition) is 2. The van der Waals surface area contributed by atoms with E-state index in [1.165, 1.54) is 32.1 Å². The molecule has 2 saturated carbocycles. The molecule has 0 amide bonds. The summed E-state index contributed by atoms with van der Waals surface area (Å²) in [5.41, 5.74) is 5.12. The molecule has 1 aromatic heterocycles. The number of rotatable bonds is 6. The Balaban J connectivity index is 1.66. The van der Waals surface area contributed by atoms with Crippen molar-refractivity contribution in [2.75, 3.05) is 0 Å². The van der Waals surface area contributed by atoms with E-state index in [2.05, 4.69) is 17.4 Å². The molecule has 2 aliphatic rings. The van der Waals surface area contributed by atoms with E-state index in [0.29, 0.717) is 6.04 Å². The number of nitrogens with one attached hydrogen (secondary N) is 1. The Hall–Kier alpha value is -0.580. The van der Waals surface area contributed by atoms with Gasteiger partial charge in [-0.25, -0.2) is 0 Å². The first-order chi connectivity index (χ1) is 10.1. The van der Waals surface area contributed by atoms with Gasteiger partial charge in [0, 0.05) is 19.5 Å². The highest BCUT2D eigenvalue weighted by molar-refractivity contribution is 6.31. The molecule has 3 rings (SSSR count). The van der Waals surface area contributed by atoms with Gasteiger partial charge in [0.05, 0.1) is 16.4 Å². The summed E-state index contributed by atoms with van der Waals surface area (Å²) in [6.07, 6.45) is 8.65. The molecule has 1 aromatic rings. The van der Waals surface area contributed by atoms with Crippen LogP contribution in [0.15, 0.2) is 0 Å². The molecule has 2 bridgehead atoms. The maximum absolute atomic E-state index is 6.46. The molecule has 3 N–H and O–H groups in total. The van der Waals surface area contributed by atoms with Crippen LogP contribution in [0.4, 0.5) is 0 Å². The van der Waals surface area contributed by atoms with Crippen LogP contribution < -0.4 is 11.3 Å². The van der Waals surface area contributed by atoms with Crippen LogP contribution in [-0.4, -0.2) is 15.8 Å². The summed E-state index contributed by atoms with van der Waals surface area (Å²) >= 11 is 6.46. The van der Waals surface area contributed by atoms with Crippen molar-refractivity contribution in [3.8, 4) is 0 Å². The molecule has 2 aliphatic carbocycles. The van der Waals surface area contributed by atoms with Crippen LogP contribution in [0.3, 0.4) is 0 Å². The Morgan fingerprint density at radius 1 is 1.43 bits per heavy atom. The lowest BCUT2D eigenvalue weighted by Gasteiger charge is -2.26. The van der Waals surface area contributed by atoms with E-state index < -0.39 is 0 Å². The second kappa shape index (κ2) is 6.27. The summed E-state index contributed by atoms with van der Waals surface area (Å²) in [5.74, 6) is 8.60. The van der Waals surface area contributed by atoms with Crippen LogP contribution in [0.5, 0.6) is 0 Å². The Kier molecular flexibility index (Phi) is 4.57. The maximum Gasteiger partial charge on any atom is 0.0850 e. The van der Waals surface area contributed by atoms with Crippen LogP contribution in [0, 0.1) is 17.8 Å². The highest BCUT2D eigenvalue weighted by Gasteiger charge is 2.40. The molecule has 1 heterocycles. The van der Waals surface area contributed by atoms with Crippen molar-refractivity contribution in [3.63, 3.8) is 0 Å². The van der Waals surface area contributed by atoms with Crippen LogP contribution in [-0.2, 0) is 19.9 Å². The van der Waals surface area contributed by atoms with E-state index in [1.54, 1.807) is 0 Å². The molecule has 118 valence electrons. The van der Waals surface area contributed by atoms with Crippen molar-refractivity contribution in [1.82, 2.24) is 15.2 Å². The largest absolute Gasteiger partial charge is 0.271 e. The quantitative estimate of drug-likeness (QED) is 0.627. The van der Waals surface area contributed by atoms with Gasteiger partial charge in [0.1, 0.15) is 0 Å². The number of hydrazine groups is 1. The number of halogens is 1. The molecular formula is C16H27ClN4. The average molecular weight is 311 g/mol. The van der Waals surface area contributed by atoms with Gasteiger partial charge in [0.2, 0.25) is 0 Å². The van der Waals surface area contributed by atoms with Gasteiger partial charge in [-0.05, 0) is 49.9 Å². The number of nitrogens with two attached hydrogens (primary N) is 1. The molecule has 5 heteroatoms. The minimum atomic E-state index is 0.298. The third kappa shape index (κ3) is 2.99. The summed E-state index contributed by atoms with van der Waals surface area (Å²) in [6, 6.07) is 0.298. The fourth-order valence-electron chi connectivity index (χ4n) is 4.52. The Morgan fingerprint density at radius 3 is 2.76 bits per heavy atom. The summed E-state index contributed by atoms with van der Waals surface area (Å²) < 4.78 is 1.92. The highest BCUT2D eigenvalue weighted by Crippen LogP contribution is 2.50. The molecule has 0 aromatic carbocycles. The van der Waals surface area contributed by atoms with Crippen molar-refractivity contribution < 1.29 is 0 Å². The van der Waals surface area contributed by atoms with Crippen molar-refractivity contribution in [2.24, 2.45) is 30.6 Å². The SMILES string of the molecule is CCc1nn(C)c(CC(CC2CC3CCC2C3)NN)c1Cl. The summed E-state index contributed by atoms with van der Waals surface area (Å²) in [5, 5.41) is 5.33. The zero-order valence-electron chi connectivity index (χ0n) is 13.1. The van der Waals surface area contributed by atoms with Crippen LogP contribution in [0.25, 0.3) is 0 Å². The highest BCUT2D eigenvalue weighted by atomic mass is 35.5. The normalized spacial score (nSPS) is 29.2. The van der Waals surface area contributed by atoms with Crippen LogP contribution in [0.1, 0.15) is 50.4 Å². The smallest absolute Gasteiger partial charge is 0.0850 e. The minimum Gasteiger partial charge on any atom is -0.271 e. The first kappa shape index (κ1) is 15.3. The molecule has 4 nitrogen and oxygen atoms in total. The predicted octanol–water partition coefficient (Wildman–Crippen LogP) is 2.84. The lowest BCUT2D eigenvalue weighted by Crippen LogP contribution is -2.39. The Morgan fingerprint density at radius 2 is 2.24 bits per heavy atom. The monoisotopic (exact) mass is 310 g/mol. The Labute approximate surface area is 132 Å². The molecule has 0 spiro atoms. The van der Waals surface area contributed by atoms with Crippen molar-refractivity contribution >= 4 is 11.6 Å². The average Bonchev–Trinajstić information content (AvgIpc) is 3.16. The lowest BCUT2D eigenvalue weighted by atomic mass is 9.83. The molecule has 0 aliphatic heterocycles. The summed E-state index contributed by atoms with van der Waals surface area (Å²) in [4.78, 5) is 0. The van der Waals surface area contributed by atoms with Gasteiger partial charge in [0.25, 0.3) is 0 Å². The predicted molar refractivity (Wildman–Crippen MR) is 86.0 cm³/mol. The van der Waals surface area contributed by atoms with E-state index in [4.69, 9.17) is 17.4 Å². The molecule has 21 heavy (non-hydrogen) atoms. The van der Waals surface area contributed by atoms with Gasteiger partial charge in [-0.2, -0.15) is 5.10 Å². The van der Waals surface area contributed by atoms with E-state index >= 15 is 0 Å². The second-order valence-electron chi connectivity index (χ2n) is 6.92. The van der Waals surface area contributed by atoms with Crippen LogP contribution in [0.2, 0.25) is 5.02 Å². The Bertz CT molecular complexity index is 499. The third-order valence-electron chi connectivity index (χ3n) is 5.65. The second-order valence-corrected chi connectivity index (χ2v) is 7.30. The third-order valence-corrected chi connectivity index (χ3v) is 6.09. The summed E-state index contributed by atoms with van der Waals surface area (Å²) in [6.45, 7) is 2.09. The number of aryl methyl sites for hydroxylation is 2. The molecule has 4 atom stereocenters. The minimum absolute atomic E-state index is 0.298. The van der Waals surface area contributed by atoms with Crippen molar-refractivity contribution in [3.05, 3.63) is 16.4 Å². The van der Waals surface area contributed by atoms with E-state index in [0.717, 1.165) is 47.0 Å². The standard InChI is InChI=1S/C16H27ClN4/c1-3-14-16(17)15(21(2)20-14)9-13(19-18)8-12-7-10-4-5-11(12)6-10/h10-13,19H,3-9,18H2,1-2H3. The number of aromatic nitrogens is 2. The zero-order valence-corrected chi connectivity index (χ0v) is 13.9. The first-order valence-electron chi connectivity index (χ1n) is 8.28. The lowest BCUT2D eigenvalue weighted by molar-refractivity contribution is 0.276. The van der Waals surface area contributed by atoms with Crippen molar-refractivity contribution in [1.29, 1.82) is 0 Å². The number of hydrogen-bond acceptors (Lipinski definition) is 3. The molecule has 2 fully saturated rings. The van der Waals surface area contributed by atoms with E-state index in [1.807, 2.05) is 11.7 Å². The summed E-state index contributed by atoms with van der Waals surface area (Å²) in [7, 11) is 1.98. The fourth-order valence-corrected chi connectivity index (χ4v) is 4.89. The van der Waals surface area contributed by atoms with Gasteiger partial charge < -0.3 is 0 Å². The molecular weight excluding hydrogens is 284 g/mol. The maximum atomic E-state index is 6.46. The van der Waals surface area contributed by atoms with Gasteiger partial charge in [-0.1, -0.05) is 24.9 Å².